The van der Waals surface area contributed by atoms with Crippen molar-refractivity contribution < 1.29 is 13.2 Å². The van der Waals surface area contributed by atoms with Gasteiger partial charge in [-0.1, -0.05) is 6.07 Å². The van der Waals surface area contributed by atoms with Crippen LogP contribution in [-0.2, 0) is 6.18 Å². The summed E-state index contributed by atoms with van der Waals surface area (Å²) in [5.74, 6) is 0. The number of hydrogen-bond donors (Lipinski definition) is 1. The molecule has 1 aromatic heterocycles. The molecule has 0 fully saturated rings. The number of nitrogens with zero attached hydrogens (tertiary/aromatic N) is 1. The highest BCUT2D eigenvalue weighted by Crippen LogP contribution is 2.29. The zero-order valence-electron chi connectivity index (χ0n) is 10.1. The molecule has 8 heteroatoms. The lowest BCUT2D eigenvalue weighted by molar-refractivity contribution is -0.137. The van der Waals surface area contributed by atoms with Crippen molar-refractivity contribution in [1.29, 1.82) is 0 Å². The Morgan fingerprint density at radius 3 is 2.50 bits per heavy atom. The topological polar surface area (TPSA) is 54.9 Å². The molecule has 0 bridgehead atoms. The Labute approximate surface area is 119 Å². The molecule has 106 valence electrons. The summed E-state index contributed by atoms with van der Waals surface area (Å²) in [5.41, 5.74) is -2.28. The van der Waals surface area contributed by atoms with E-state index in [9.17, 15) is 22.8 Å². The Bertz CT molecular complexity index is 777. The van der Waals surface area contributed by atoms with Crippen molar-refractivity contribution in [2.24, 2.45) is 0 Å². The van der Waals surface area contributed by atoms with Gasteiger partial charge in [0.2, 0.25) is 0 Å². The number of rotatable bonds is 1. The van der Waals surface area contributed by atoms with Gasteiger partial charge < -0.3 is 4.98 Å². The first-order valence-corrected chi connectivity index (χ1v) is 6.20. The maximum absolute atomic E-state index is 12.6. The molecule has 20 heavy (non-hydrogen) atoms. The van der Waals surface area contributed by atoms with Crippen molar-refractivity contribution in [2.75, 3.05) is 0 Å². The maximum Gasteiger partial charge on any atom is 0.416 e. The third-order valence-corrected chi connectivity index (χ3v) is 3.58. The van der Waals surface area contributed by atoms with Crippen LogP contribution in [0, 0.1) is 6.92 Å². The van der Waals surface area contributed by atoms with Crippen LogP contribution < -0.4 is 11.2 Å². The van der Waals surface area contributed by atoms with Crippen LogP contribution in [0.2, 0.25) is 0 Å². The minimum absolute atomic E-state index is 0.0921. The van der Waals surface area contributed by atoms with E-state index in [1.54, 1.807) is 0 Å². The standard InChI is InChI=1S/C12H8BrF3N2O2/c1-6-9(13)10(19)18(11(20)17-6)8-4-2-3-7(5-8)12(14,15)16/h2-5H,1H3,(H,17,20). The van der Waals surface area contributed by atoms with E-state index in [4.69, 9.17) is 0 Å². The predicted octanol–water partition coefficient (Wildman–Crippen LogP) is 2.62. The molecule has 0 spiro atoms. The van der Waals surface area contributed by atoms with Gasteiger partial charge >= 0.3 is 11.9 Å². The first-order chi connectivity index (χ1) is 9.21. The van der Waals surface area contributed by atoms with Crippen LogP contribution in [0.15, 0.2) is 38.3 Å². The number of hydrogen-bond acceptors (Lipinski definition) is 2. The van der Waals surface area contributed by atoms with Crippen LogP contribution in [0.25, 0.3) is 5.69 Å². The third-order valence-electron chi connectivity index (χ3n) is 2.65. The van der Waals surface area contributed by atoms with Crippen molar-refractivity contribution in [3.8, 4) is 5.69 Å². The lowest BCUT2D eigenvalue weighted by atomic mass is 10.2. The number of halogens is 4. The van der Waals surface area contributed by atoms with Crippen LogP contribution in [0.4, 0.5) is 13.2 Å². The number of benzene rings is 1. The molecule has 0 aliphatic heterocycles. The smallest absolute Gasteiger partial charge is 0.310 e. The molecule has 0 amide bonds. The molecule has 4 nitrogen and oxygen atoms in total. The fourth-order valence-electron chi connectivity index (χ4n) is 1.68. The van der Waals surface area contributed by atoms with Crippen molar-refractivity contribution in [1.82, 2.24) is 9.55 Å². The molecule has 1 N–H and O–H groups in total. The summed E-state index contributed by atoms with van der Waals surface area (Å²) < 4.78 is 38.7. The van der Waals surface area contributed by atoms with Gasteiger partial charge in [0.25, 0.3) is 5.56 Å². The summed E-state index contributed by atoms with van der Waals surface area (Å²) in [7, 11) is 0. The van der Waals surface area contributed by atoms with Gasteiger partial charge in [-0.3, -0.25) is 4.79 Å². The van der Waals surface area contributed by atoms with E-state index >= 15 is 0 Å². The van der Waals surface area contributed by atoms with E-state index in [0.29, 0.717) is 10.3 Å². The summed E-state index contributed by atoms with van der Waals surface area (Å²) in [6.07, 6.45) is -4.55. The Hall–Kier alpha value is -1.83. The van der Waals surface area contributed by atoms with E-state index in [0.717, 1.165) is 18.2 Å². The minimum atomic E-state index is -4.55. The number of alkyl halides is 3. The Morgan fingerprint density at radius 2 is 1.90 bits per heavy atom. The zero-order chi connectivity index (χ0) is 15.1. The third kappa shape index (κ3) is 2.55. The molecule has 0 atom stereocenters. The molecule has 2 aromatic rings. The van der Waals surface area contributed by atoms with E-state index < -0.39 is 23.0 Å². The molecular weight excluding hydrogens is 341 g/mol. The quantitative estimate of drug-likeness (QED) is 0.861. The molecule has 0 aliphatic rings. The van der Waals surface area contributed by atoms with Crippen molar-refractivity contribution in [2.45, 2.75) is 13.1 Å². The van der Waals surface area contributed by atoms with Crippen LogP contribution in [0.5, 0.6) is 0 Å². The Morgan fingerprint density at radius 1 is 1.25 bits per heavy atom. The highest BCUT2D eigenvalue weighted by molar-refractivity contribution is 9.10. The fourth-order valence-corrected chi connectivity index (χ4v) is 1.95. The highest BCUT2D eigenvalue weighted by atomic mass is 79.9. The van der Waals surface area contributed by atoms with Gasteiger partial charge in [0, 0.05) is 5.69 Å². The molecule has 0 saturated heterocycles. The van der Waals surface area contributed by atoms with E-state index in [2.05, 4.69) is 20.9 Å². The van der Waals surface area contributed by atoms with Crippen LogP contribution in [0.3, 0.4) is 0 Å². The molecule has 1 heterocycles. The van der Waals surface area contributed by atoms with Crippen molar-refractivity contribution in [3.63, 3.8) is 0 Å². The fraction of sp³-hybridized carbons (Fsp3) is 0.167. The zero-order valence-corrected chi connectivity index (χ0v) is 11.7. The number of aromatic amines is 1. The first kappa shape index (κ1) is 14.6. The largest absolute Gasteiger partial charge is 0.416 e. The molecule has 2 rings (SSSR count). The summed E-state index contributed by atoms with van der Waals surface area (Å²) in [6.45, 7) is 1.50. The van der Waals surface area contributed by atoms with Gasteiger partial charge in [0.15, 0.2) is 0 Å². The van der Waals surface area contributed by atoms with Crippen molar-refractivity contribution in [3.05, 3.63) is 60.8 Å². The summed E-state index contributed by atoms with van der Waals surface area (Å²) in [6, 6.07) is 4.01. The lowest BCUT2D eigenvalue weighted by Crippen LogP contribution is -2.35. The average molecular weight is 349 g/mol. The predicted molar refractivity (Wildman–Crippen MR) is 70.1 cm³/mol. The van der Waals surface area contributed by atoms with Gasteiger partial charge in [0.1, 0.15) is 4.47 Å². The van der Waals surface area contributed by atoms with Crippen molar-refractivity contribution >= 4 is 15.9 Å². The second-order valence-corrected chi connectivity index (χ2v) is 4.85. The summed E-state index contributed by atoms with van der Waals surface area (Å²) in [4.78, 5) is 26.2. The van der Waals surface area contributed by atoms with Crippen LogP contribution >= 0.6 is 15.9 Å². The van der Waals surface area contributed by atoms with Gasteiger partial charge in [-0.05, 0) is 41.1 Å². The van der Waals surface area contributed by atoms with Gasteiger partial charge in [0.05, 0.1) is 11.3 Å². The Kier molecular flexibility index (Phi) is 3.59. The molecule has 0 unspecified atom stereocenters. The van der Waals surface area contributed by atoms with Gasteiger partial charge in [-0.15, -0.1) is 0 Å². The van der Waals surface area contributed by atoms with Gasteiger partial charge in [-0.25, -0.2) is 9.36 Å². The first-order valence-electron chi connectivity index (χ1n) is 5.41. The number of nitrogens with one attached hydrogen (secondary N) is 1. The normalized spacial score (nSPS) is 11.7. The summed E-state index contributed by atoms with van der Waals surface area (Å²) in [5, 5.41) is 0. The van der Waals surface area contributed by atoms with Crippen LogP contribution in [0.1, 0.15) is 11.3 Å². The number of aryl methyl sites for hydroxylation is 1. The SMILES string of the molecule is Cc1[nH]c(=O)n(-c2cccc(C(F)(F)F)c2)c(=O)c1Br. The summed E-state index contributed by atoms with van der Waals surface area (Å²) >= 11 is 2.99. The molecular formula is C12H8BrF3N2O2. The Balaban J connectivity index is 2.74. The number of H-pyrrole nitrogens is 1. The van der Waals surface area contributed by atoms with E-state index in [-0.39, 0.29) is 10.2 Å². The maximum atomic E-state index is 12.6. The number of aromatic nitrogens is 2. The lowest BCUT2D eigenvalue weighted by Gasteiger charge is -2.10. The second kappa shape index (κ2) is 4.93. The molecule has 1 aromatic carbocycles. The molecule has 0 aliphatic carbocycles. The minimum Gasteiger partial charge on any atom is -0.310 e. The monoisotopic (exact) mass is 348 g/mol. The second-order valence-electron chi connectivity index (χ2n) is 4.06. The molecule has 0 radical (unpaired) electrons. The van der Waals surface area contributed by atoms with E-state index in [1.165, 1.54) is 13.0 Å². The molecule has 0 saturated carbocycles. The van der Waals surface area contributed by atoms with E-state index in [1.807, 2.05) is 0 Å². The van der Waals surface area contributed by atoms with Crippen LogP contribution in [-0.4, -0.2) is 9.55 Å². The average Bonchev–Trinajstić information content (AvgIpc) is 2.35. The highest BCUT2D eigenvalue weighted by Gasteiger charge is 2.30. The van der Waals surface area contributed by atoms with Gasteiger partial charge in [-0.2, -0.15) is 13.2 Å².